The first kappa shape index (κ1) is 51.9. The van der Waals surface area contributed by atoms with Gasteiger partial charge in [0.2, 0.25) is 0 Å². The van der Waals surface area contributed by atoms with E-state index in [1.165, 1.54) is 7.11 Å². The van der Waals surface area contributed by atoms with Crippen LogP contribution in [0.2, 0.25) is 0 Å². The molecule has 0 radical (unpaired) electrons. The fraction of sp³-hybridized carbons (Fsp3) is 0.974. The molecule has 0 saturated carbocycles. The summed E-state index contributed by atoms with van der Waals surface area (Å²) >= 11 is 0. The predicted molar refractivity (Wildman–Crippen MR) is 213 cm³/mol. The van der Waals surface area contributed by atoms with Crippen LogP contribution in [0.4, 0.5) is 0 Å². The van der Waals surface area contributed by atoms with Gasteiger partial charge in [-0.3, -0.25) is 0 Å². The van der Waals surface area contributed by atoms with Crippen molar-refractivity contribution in [1.29, 1.82) is 0 Å². The molecule has 3 saturated heterocycles. The van der Waals surface area contributed by atoms with Gasteiger partial charge in [-0.2, -0.15) is 0 Å². The molecule has 0 bridgehead atoms. The van der Waals surface area contributed by atoms with Gasteiger partial charge in [0.05, 0.1) is 32.0 Å². The highest BCUT2D eigenvalue weighted by atomic mass is 16.8. The Morgan fingerprint density at radius 2 is 1.05 bits per heavy atom. The van der Waals surface area contributed by atoms with Crippen LogP contribution in [-0.2, 0) is 56.9 Å². The third kappa shape index (κ3) is 14.6. The van der Waals surface area contributed by atoms with E-state index in [9.17, 15) is 31.2 Å². The van der Waals surface area contributed by atoms with Crippen LogP contribution in [0.5, 0.6) is 0 Å². The molecule has 21 heteroatoms. The Morgan fingerprint density at radius 3 is 1.58 bits per heavy atom. The van der Waals surface area contributed by atoms with Crippen LogP contribution >= 0.6 is 0 Å². The highest BCUT2D eigenvalue weighted by Gasteiger charge is 2.57. The van der Waals surface area contributed by atoms with Crippen molar-refractivity contribution >= 4 is 5.97 Å². The lowest BCUT2D eigenvalue weighted by Gasteiger charge is -2.50. The van der Waals surface area contributed by atoms with Gasteiger partial charge >= 0.3 is 5.97 Å². The SMILES string of the molecule is CCCCOC(=O)[C@@H]1O[C@@H](O[C@@H]2[C@H](CO)O[C@H](OC)C(N=[N+]=[N-])[C@H]2O)[C@@H](OCCCC)C(OCCCC)[C@@H]1O[C@H]1O[C@@H](CO)[C@@H](OCCCC)C(OCCCC)C1N=[N+]=[N-]. The molecule has 0 aromatic carbocycles. The van der Waals surface area contributed by atoms with E-state index in [0.29, 0.717) is 38.9 Å². The van der Waals surface area contributed by atoms with Crippen molar-refractivity contribution < 1.29 is 72.2 Å². The minimum absolute atomic E-state index is 0.0528. The van der Waals surface area contributed by atoms with E-state index in [0.717, 1.165) is 38.5 Å². The van der Waals surface area contributed by atoms with E-state index in [2.05, 4.69) is 20.1 Å². The molecule has 3 N–H and O–H groups in total. The molecule has 0 aliphatic carbocycles. The molecule has 3 heterocycles. The van der Waals surface area contributed by atoms with E-state index in [1.807, 2.05) is 34.6 Å². The third-order valence-corrected chi connectivity index (χ3v) is 10.5. The molecule has 0 amide bonds. The van der Waals surface area contributed by atoms with E-state index >= 15 is 0 Å². The summed E-state index contributed by atoms with van der Waals surface area (Å²) in [7, 11) is 1.30. The number of esters is 1. The average molecular weight is 863 g/mol. The number of rotatable bonds is 29. The van der Waals surface area contributed by atoms with Gasteiger partial charge in [-0.15, -0.1) is 0 Å². The summed E-state index contributed by atoms with van der Waals surface area (Å²) in [5.41, 5.74) is 19.2. The zero-order valence-corrected chi connectivity index (χ0v) is 36.1. The van der Waals surface area contributed by atoms with Crippen molar-refractivity contribution in [3.05, 3.63) is 20.9 Å². The number of carbonyl (C=O) groups is 1. The highest BCUT2D eigenvalue weighted by Crippen LogP contribution is 2.37. The van der Waals surface area contributed by atoms with Crippen LogP contribution in [0, 0.1) is 0 Å². The maximum absolute atomic E-state index is 14.2. The number of nitrogens with zero attached hydrogens (tertiary/aromatic N) is 6. The van der Waals surface area contributed by atoms with Crippen molar-refractivity contribution in [2.45, 2.75) is 191 Å². The molecule has 3 aliphatic heterocycles. The van der Waals surface area contributed by atoms with Crippen LogP contribution in [-0.4, -0.2) is 167 Å². The molecule has 3 rings (SSSR count). The van der Waals surface area contributed by atoms with E-state index in [4.69, 9.17) is 52.1 Å². The molecular formula is C39H70N6O15. The molecule has 3 aliphatic rings. The molecule has 60 heavy (non-hydrogen) atoms. The number of ether oxygens (including phenoxy) is 11. The average Bonchev–Trinajstić information content (AvgIpc) is 3.25. The molecule has 0 aromatic heterocycles. The molecular weight excluding hydrogens is 792 g/mol. The Hall–Kier alpha value is -2.43. The Bertz CT molecular complexity index is 1300. The van der Waals surface area contributed by atoms with E-state index < -0.39 is 111 Å². The summed E-state index contributed by atoms with van der Waals surface area (Å²) in [5, 5.41) is 40.3. The molecule has 0 spiro atoms. The first-order valence-electron chi connectivity index (χ1n) is 21.6. The number of aliphatic hydroxyl groups excluding tert-OH is 3. The minimum Gasteiger partial charge on any atom is -0.464 e. The smallest absolute Gasteiger partial charge is 0.338 e. The maximum atomic E-state index is 14.2. The summed E-state index contributed by atoms with van der Waals surface area (Å²) in [6.45, 7) is 9.85. The standard InChI is InChI=1S/C39H70N6O15/c1-7-12-17-51-30-25(23-47)57-38(27(43-45-41)31(30)52-18-13-8-2)59-33-32(53-19-14-9-3)35(54-20-15-10-4)39(60-34(33)36(49)55-21-16-11-5)58-29-24(22-46)56-37(50-6)26(28(29)48)42-44-40/h24-35,37-39,46-48H,7-23H2,1-6H3/t24-,25-,26?,27?,28+,29+,30+,31?,32?,33-,34+,35-,37-,38+,39+/m0/s1. The minimum atomic E-state index is -1.60. The second kappa shape index (κ2) is 29.0. The van der Waals surface area contributed by atoms with Crippen molar-refractivity contribution in [3.63, 3.8) is 0 Å². The summed E-state index contributed by atoms with van der Waals surface area (Å²) < 4.78 is 68.4. The van der Waals surface area contributed by atoms with Crippen LogP contribution < -0.4 is 0 Å². The molecule has 21 nitrogen and oxygen atoms in total. The summed E-state index contributed by atoms with van der Waals surface area (Å²) in [4.78, 5) is 20.2. The van der Waals surface area contributed by atoms with Crippen LogP contribution in [0.15, 0.2) is 10.2 Å². The fourth-order valence-electron chi connectivity index (χ4n) is 7.11. The summed E-state index contributed by atoms with van der Waals surface area (Å²) in [5.74, 6) is -0.838. The monoisotopic (exact) mass is 862 g/mol. The van der Waals surface area contributed by atoms with Gasteiger partial charge in [0.15, 0.2) is 25.0 Å². The number of hydrogen-bond acceptors (Lipinski definition) is 17. The Labute approximate surface area is 353 Å². The molecule has 3 fully saturated rings. The van der Waals surface area contributed by atoms with Gasteiger partial charge in [-0.1, -0.05) is 77.0 Å². The number of methoxy groups -OCH3 is 1. The van der Waals surface area contributed by atoms with Crippen LogP contribution in [0.3, 0.4) is 0 Å². The quantitative estimate of drug-likeness (QED) is 0.0310. The highest BCUT2D eigenvalue weighted by molar-refractivity contribution is 5.76. The number of aliphatic hydroxyl groups is 3. The summed E-state index contributed by atoms with van der Waals surface area (Å²) in [6.07, 6.45) is -9.24. The van der Waals surface area contributed by atoms with Crippen molar-refractivity contribution in [3.8, 4) is 0 Å². The lowest BCUT2D eigenvalue weighted by atomic mass is 9.94. The van der Waals surface area contributed by atoms with Crippen LogP contribution in [0.1, 0.15) is 98.8 Å². The van der Waals surface area contributed by atoms with Gasteiger partial charge < -0.3 is 67.4 Å². The maximum Gasteiger partial charge on any atom is 0.338 e. The lowest BCUT2D eigenvalue weighted by molar-refractivity contribution is -0.369. The number of carbonyl (C=O) groups excluding carboxylic acids is 1. The summed E-state index contributed by atoms with van der Waals surface area (Å²) in [6, 6.07) is -2.46. The second-order valence-electron chi connectivity index (χ2n) is 15.0. The normalized spacial score (nSPS) is 34.4. The Morgan fingerprint density at radius 1 is 0.583 bits per heavy atom. The zero-order valence-electron chi connectivity index (χ0n) is 36.1. The van der Waals surface area contributed by atoms with Gasteiger partial charge in [0.25, 0.3) is 0 Å². The van der Waals surface area contributed by atoms with Crippen molar-refractivity contribution in [2.75, 3.05) is 53.4 Å². The number of hydrogen-bond donors (Lipinski definition) is 3. The zero-order chi connectivity index (χ0) is 43.9. The molecule has 15 atom stereocenters. The molecule has 0 aromatic rings. The number of azide groups is 2. The lowest BCUT2D eigenvalue weighted by Crippen LogP contribution is -2.68. The molecule has 346 valence electrons. The fourth-order valence-corrected chi connectivity index (χ4v) is 7.11. The second-order valence-corrected chi connectivity index (χ2v) is 15.0. The first-order valence-corrected chi connectivity index (χ1v) is 21.6. The van der Waals surface area contributed by atoms with Crippen molar-refractivity contribution in [2.24, 2.45) is 10.2 Å². The van der Waals surface area contributed by atoms with Gasteiger partial charge in [-0.25, -0.2) is 4.79 Å². The largest absolute Gasteiger partial charge is 0.464 e. The topological polar surface area (TPSA) is 277 Å². The van der Waals surface area contributed by atoms with Gasteiger partial charge in [0, 0.05) is 43.4 Å². The van der Waals surface area contributed by atoms with Crippen molar-refractivity contribution in [1.82, 2.24) is 0 Å². The van der Waals surface area contributed by atoms with Crippen LogP contribution in [0.25, 0.3) is 20.9 Å². The van der Waals surface area contributed by atoms with E-state index in [-0.39, 0.29) is 19.8 Å². The third-order valence-electron chi connectivity index (χ3n) is 10.5. The first-order chi connectivity index (χ1) is 29.2. The van der Waals surface area contributed by atoms with Gasteiger partial charge in [0.1, 0.15) is 54.8 Å². The van der Waals surface area contributed by atoms with E-state index in [1.54, 1.807) is 0 Å². The Kier molecular flexibility index (Phi) is 25.1. The predicted octanol–water partition coefficient (Wildman–Crippen LogP) is 4.37. The molecule has 4 unspecified atom stereocenters. The number of unbranched alkanes of at least 4 members (excludes halogenated alkanes) is 5. The van der Waals surface area contributed by atoms with Gasteiger partial charge in [-0.05, 0) is 43.2 Å². The Balaban J connectivity index is 2.18.